The van der Waals surface area contributed by atoms with Gasteiger partial charge >= 0.3 is 5.97 Å². The van der Waals surface area contributed by atoms with E-state index in [9.17, 15) is 4.79 Å². The average molecular weight is 209 g/mol. The predicted octanol–water partition coefficient (Wildman–Crippen LogP) is 0.890. The number of ether oxygens (including phenoxy) is 2. The lowest BCUT2D eigenvalue weighted by Gasteiger charge is -2.11. The fourth-order valence-corrected chi connectivity index (χ4v) is 1.54. The molecule has 1 atom stereocenters. The normalized spacial score (nSPS) is 15.0. The highest BCUT2D eigenvalue weighted by molar-refractivity contribution is 5.68. The fraction of sp³-hybridized carbons (Fsp3) is 0.300. The van der Waals surface area contributed by atoms with E-state index in [0.717, 1.165) is 0 Å². The number of carbonyl (C=O) groups is 1. The second-order valence-electron chi connectivity index (χ2n) is 3.29. The molecule has 80 valence electrons. The minimum absolute atomic E-state index is 0.125. The van der Waals surface area contributed by atoms with Gasteiger partial charge in [-0.1, -0.05) is 12.1 Å². The molecule has 1 aliphatic rings. The zero-order chi connectivity index (χ0) is 10.8. The van der Waals surface area contributed by atoms with Crippen LogP contribution in [0, 0.1) is 0 Å². The summed E-state index contributed by atoms with van der Waals surface area (Å²) in [6.07, 6.45) is -0.125. The highest BCUT2D eigenvalue weighted by Crippen LogP contribution is 2.38. The molecule has 0 radical (unpaired) electrons. The third kappa shape index (κ3) is 1.87. The molecule has 0 bridgehead atoms. The van der Waals surface area contributed by atoms with E-state index in [1.54, 1.807) is 18.2 Å². The molecule has 1 heterocycles. The number of nitrogens with two attached hydrogens (primary N) is 1. The van der Waals surface area contributed by atoms with Crippen LogP contribution in [0.4, 0.5) is 0 Å². The zero-order valence-corrected chi connectivity index (χ0v) is 7.97. The largest absolute Gasteiger partial charge is 0.481 e. The summed E-state index contributed by atoms with van der Waals surface area (Å²) in [6, 6.07) is 4.71. The van der Waals surface area contributed by atoms with Crippen molar-refractivity contribution in [3.63, 3.8) is 0 Å². The number of hydrogen-bond donors (Lipinski definition) is 2. The molecule has 2 rings (SSSR count). The van der Waals surface area contributed by atoms with Crippen LogP contribution < -0.4 is 15.2 Å². The topological polar surface area (TPSA) is 81.8 Å². The van der Waals surface area contributed by atoms with Crippen molar-refractivity contribution in [3.05, 3.63) is 23.8 Å². The Hall–Kier alpha value is -1.75. The van der Waals surface area contributed by atoms with E-state index in [-0.39, 0.29) is 13.2 Å². The minimum atomic E-state index is -0.931. The predicted molar refractivity (Wildman–Crippen MR) is 51.7 cm³/mol. The second-order valence-corrected chi connectivity index (χ2v) is 3.29. The molecule has 15 heavy (non-hydrogen) atoms. The summed E-state index contributed by atoms with van der Waals surface area (Å²) in [5.74, 6) is 0.249. The molecule has 0 unspecified atom stereocenters. The molecular formula is C10H11NO4. The molecule has 0 spiro atoms. The van der Waals surface area contributed by atoms with Crippen molar-refractivity contribution < 1.29 is 19.4 Å². The fourth-order valence-electron chi connectivity index (χ4n) is 1.54. The molecule has 0 amide bonds. The summed E-state index contributed by atoms with van der Waals surface area (Å²) >= 11 is 0. The van der Waals surface area contributed by atoms with Crippen LogP contribution in [0.5, 0.6) is 11.5 Å². The van der Waals surface area contributed by atoms with E-state index >= 15 is 0 Å². The lowest BCUT2D eigenvalue weighted by molar-refractivity contribution is -0.137. The summed E-state index contributed by atoms with van der Waals surface area (Å²) in [7, 11) is 0. The molecule has 1 aliphatic heterocycles. The van der Waals surface area contributed by atoms with Crippen molar-refractivity contribution in [1.82, 2.24) is 0 Å². The minimum Gasteiger partial charge on any atom is -0.481 e. The van der Waals surface area contributed by atoms with Gasteiger partial charge in [0.2, 0.25) is 6.79 Å². The van der Waals surface area contributed by atoms with Gasteiger partial charge < -0.3 is 20.3 Å². The lowest BCUT2D eigenvalue weighted by atomic mass is 10.0. The Morgan fingerprint density at radius 2 is 2.33 bits per heavy atom. The van der Waals surface area contributed by atoms with Crippen LogP contribution in [0.25, 0.3) is 0 Å². The van der Waals surface area contributed by atoms with Crippen LogP contribution in [-0.2, 0) is 4.79 Å². The van der Waals surface area contributed by atoms with Gasteiger partial charge in [0.1, 0.15) is 0 Å². The number of benzene rings is 1. The zero-order valence-electron chi connectivity index (χ0n) is 7.97. The van der Waals surface area contributed by atoms with Crippen LogP contribution >= 0.6 is 0 Å². The number of para-hydroxylation sites is 1. The maximum Gasteiger partial charge on any atom is 0.305 e. The molecule has 0 fully saturated rings. The molecule has 5 nitrogen and oxygen atoms in total. The third-order valence-electron chi connectivity index (χ3n) is 2.22. The van der Waals surface area contributed by atoms with E-state index in [1.165, 1.54) is 0 Å². The molecule has 0 aliphatic carbocycles. The van der Waals surface area contributed by atoms with Gasteiger partial charge in [0.15, 0.2) is 11.5 Å². The van der Waals surface area contributed by atoms with Gasteiger partial charge in [-0.3, -0.25) is 4.79 Å². The Morgan fingerprint density at radius 3 is 3.07 bits per heavy atom. The SMILES string of the molecule is N[C@H](CC(=O)O)c1cccc2c1OCO2. The van der Waals surface area contributed by atoms with Crippen LogP contribution in [0.3, 0.4) is 0 Å². The van der Waals surface area contributed by atoms with E-state index in [2.05, 4.69) is 0 Å². The quantitative estimate of drug-likeness (QED) is 0.772. The first kappa shape index (κ1) is 9.79. The van der Waals surface area contributed by atoms with E-state index in [4.69, 9.17) is 20.3 Å². The summed E-state index contributed by atoms with van der Waals surface area (Å²) < 4.78 is 10.4. The van der Waals surface area contributed by atoms with Gasteiger partial charge in [0, 0.05) is 11.6 Å². The van der Waals surface area contributed by atoms with Gasteiger partial charge in [0.05, 0.1) is 6.42 Å². The third-order valence-corrected chi connectivity index (χ3v) is 2.22. The van der Waals surface area contributed by atoms with Crippen molar-refractivity contribution in [3.8, 4) is 11.5 Å². The van der Waals surface area contributed by atoms with Crippen molar-refractivity contribution in [1.29, 1.82) is 0 Å². The van der Waals surface area contributed by atoms with E-state index in [1.807, 2.05) is 0 Å². The average Bonchev–Trinajstić information content (AvgIpc) is 2.63. The molecule has 3 N–H and O–H groups in total. The number of rotatable bonds is 3. The molecular weight excluding hydrogens is 198 g/mol. The van der Waals surface area contributed by atoms with Gasteiger partial charge in [0.25, 0.3) is 0 Å². The number of aliphatic carboxylic acids is 1. The Kier molecular flexibility index (Phi) is 2.47. The summed E-state index contributed by atoms with van der Waals surface area (Å²) in [5, 5.41) is 8.64. The number of fused-ring (bicyclic) bond motifs is 1. The first-order valence-electron chi connectivity index (χ1n) is 4.54. The second kappa shape index (κ2) is 3.78. The van der Waals surface area contributed by atoms with Gasteiger partial charge in [-0.2, -0.15) is 0 Å². The number of hydrogen-bond acceptors (Lipinski definition) is 4. The molecule has 5 heteroatoms. The van der Waals surface area contributed by atoms with E-state index in [0.29, 0.717) is 17.1 Å². The van der Waals surface area contributed by atoms with Crippen molar-refractivity contribution in [2.45, 2.75) is 12.5 Å². The standard InChI is InChI=1S/C10H11NO4/c11-7(4-9(12)13)6-2-1-3-8-10(6)15-5-14-8/h1-3,7H,4-5,11H2,(H,12,13)/t7-/m1/s1. The van der Waals surface area contributed by atoms with Crippen LogP contribution in [0.2, 0.25) is 0 Å². The van der Waals surface area contributed by atoms with Crippen LogP contribution in [-0.4, -0.2) is 17.9 Å². The molecule has 0 aromatic heterocycles. The highest BCUT2D eigenvalue weighted by atomic mass is 16.7. The maximum absolute atomic E-state index is 10.5. The number of carboxylic acids is 1. The summed E-state index contributed by atoms with van der Waals surface area (Å²) in [5.41, 5.74) is 6.43. The summed E-state index contributed by atoms with van der Waals surface area (Å²) in [6.45, 7) is 0.159. The Labute approximate surface area is 86.4 Å². The monoisotopic (exact) mass is 209 g/mol. The van der Waals surface area contributed by atoms with Crippen molar-refractivity contribution >= 4 is 5.97 Å². The molecule has 1 aromatic carbocycles. The van der Waals surface area contributed by atoms with Crippen LogP contribution in [0.1, 0.15) is 18.0 Å². The summed E-state index contributed by atoms with van der Waals surface area (Å²) in [4.78, 5) is 10.5. The Balaban J connectivity index is 2.28. The first-order valence-corrected chi connectivity index (χ1v) is 4.54. The Morgan fingerprint density at radius 1 is 1.53 bits per heavy atom. The molecule has 0 saturated carbocycles. The van der Waals surface area contributed by atoms with Gasteiger partial charge in [-0.15, -0.1) is 0 Å². The first-order chi connectivity index (χ1) is 7.18. The van der Waals surface area contributed by atoms with Gasteiger partial charge in [-0.05, 0) is 6.07 Å². The maximum atomic E-state index is 10.5. The van der Waals surface area contributed by atoms with Gasteiger partial charge in [-0.25, -0.2) is 0 Å². The smallest absolute Gasteiger partial charge is 0.305 e. The molecule has 1 aromatic rings. The van der Waals surface area contributed by atoms with Crippen LogP contribution in [0.15, 0.2) is 18.2 Å². The highest BCUT2D eigenvalue weighted by Gasteiger charge is 2.22. The van der Waals surface area contributed by atoms with Crippen molar-refractivity contribution in [2.24, 2.45) is 5.73 Å². The van der Waals surface area contributed by atoms with Crippen molar-refractivity contribution in [2.75, 3.05) is 6.79 Å². The lowest BCUT2D eigenvalue weighted by Crippen LogP contribution is -2.15. The molecule has 0 saturated heterocycles. The number of carboxylic acid groups (broad SMARTS) is 1. The van der Waals surface area contributed by atoms with E-state index < -0.39 is 12.0 Å². The Bertz CT molecular complexity index is 391.